The molecule has 2 fully saturated rings. The lowest BCUT2D eigenvalue weighted by molar-refractivity contribution is -0.117. The van der Waals surface area contributed by atoms with Crippen LogP contribution in [0.3, 0.4) is 0 Å². The number of hydrogen-bond acceptors (Lipinski definition) is 3. The number of fused-ring (bicyclic) bond motifs is 2. The van der Waals surface area contributed by atoms with E-state index in [-0.39, 0.29) is 18.3 Å². The lowest BCUT2D eigenvalue weighted by Crippen LogP contribution is -2.48. The highest BCUT2D eigenvalue weighted by Crippen LogP contribution is 2.29. The Morgan fingerprint density at radius 3 is 2.57 bits per heavy atom. The predicted octanol–water partition coefficient (Wildman–Crippen LogP) is 2.88. The molecule has 0 spiro atoms. The molecule has 0 radical (unpaired) electrons. The molecule has 2 aliphatic heterocycles. The van der Waals surface area contributed by atoms with Crippen molar-refractivity contribution in [2.75, 3.05) is 18.9 Å². The average Bonchev–Trinajstić information content (AvgIpc) is 2.82. The van der Waals surface area contributed by atoms with E-state index >= 15 is 0 Å². The zero-order valence-corrected chi connectivity index (χ0v) is 15.1. The Morgan fingerprint density at radius 2 is 1.91 bits per heavy atom. The lowest BCUT2D eigenvalue weighted by atomic mass is 9.98. The highest BCUT2D eigenvalue weighted by molar-refractivity contribution is 5.93. The van der Waals surface area contributed by atoms with E-state index in [1.807, 2.05) is 12.1 Å². The molecule has 2 N–H and O–H groups in total. The number of carbonyl (C=O) groups excluding carboxylic acids is 1. The topological polar surface area (TPSA) is 44.4 Å². The largest absolute Gasteiger partial charge is 0.325 e. The van der Waals surface area contributed by atoms with Gasteiger partial charge in [-0.15, -0.1) is 12.4 Å². The first-order valence-electron chi connectivity index (χ1n) is 8.35. The second-order valence-corrected chi connectivity index (χ2v) is 6.97. The van der Waals surface area contributed by atoms with Crippen LogP contribution in [0.1, 0.15) is 36.8 Å². The van der Waals surface area contributed by atoms with Gasteiger partial charge in [-0.2, -0.15) is 0 Å². The molecule has 3 rings (SSSR count). The summed E-state index contributed by atoms with van der Waals surface area (Å²) in [5, 5.41) is 6.72. The lowest BCUT2D eigenvalue weighted by Gasteiger charge is -2.35. The smallest absolute Gasteiger partial charge is 0.238 e. The number of amides is 1. The molecule has 0 saturated carbocycles. The summed E-state index contributed by atoms with van der Waals surface area (Å²) in [7, 11) is 2.08. The fraction of sp³-hybridized carbons (Fsp3) is 0.611. The molecular weight excluding hydrogens is 310 g/mol. The summed E-state index contributed by atoms with van der Waals surface area (Å²) in [5.74, 6) is 0.0853. The minimum atomic E-state index is 0. The number of anilines is 1. The number of hydrogen-bond donors (Lipinski definition) is 2. The van der Waals surface area contributed by atoms with Crippen molar-refractivity contribution in [2.24, 2.45) is 0 Å². The Labute approximate surface area is 145 Å². The maximum atomic E-state index is 12.3. The SMILES string of the molecule is Cc1cccc(NC(=O)CN(C)C2CC3CCC(C2)N3)c1C.Cl. The number of nitrogens with zero attached hydrogens (tertiary/aromatic N) is 1. The maximum Gasteiger partial charge on any atom is 0.238 e. The van der Waals surface area contributed by atoms with Gasteiger partial charge in [-0.05, 0) is 63.8 Å². The molecule has 2 atom stereocenters. The Bertz CT molecular complexity index is 551. The molecule has 2 aliphatic rings. The molecule has 1 amide bonds. The molecule has 2 heterocycles. The van der Waals surface area contributed by atoms with Crippen molar-refractivity contribution in [2.45, 2.75) is 57.7 Å². The van der Waals surface area contributed by atoms with Crippen molar-refractivity contribution in [1.82, 2.24) is 10.2 Å². The molecule has 4 nitrogen and oxygen atoms in total. The van der Waals surface area contributed by atoms with Crippen LogP contribution in [0.2, 0.25) is 0 Å². The second-order valence-electron chi connectivity index (χ2n) is 6.97. The summed E-state index contributed by atoms with van der Waals surface area (Å²) >= 11 is 0. The number of rotatable bonds is 4. The van der Waals surface area contributed by atoms with E-state index in [4.69, 9.17) is 0 Å². The molecule has 2 unspecified atom stereocenters. The van der Waals surface area contributed by atoms with Gasteiger partial charge in [0, 0.05) is 23.8 Å². The number of halogens is 1. The zero-order chi connectivity index (χ0) is 15.7. The highest BCUT2D eigenvalue weighted by atomic mass is 35.5. The van der Waals surface area contributed by atoms with Crippen molar-refractivity contribution in [3.05, 3.63) is 29.3 Å². The third-order valence-electron chi connectivity index (χ3n) is 5.34. The number of carbonyl (C=O) groups is 1. The molecule has 1 aromatic carbocycles. The average molecular weight is 338 g/mol. The van der Waals surface area contributed by atoms with E-state index in [2.05, 4.69) is 42.5 Å². The number of aryl methyl sites for hydroxylation is 1. The summed E-state index contributed by atoms with van der Waals surface area (Å²) in [5.41, 5.74) is 3.29. The van der Waals surface area contributed by atoms with Crippen LogP contribution in [0.15, 0.2) is 18.2 Å². The summed E-state index contributed by atoms with van der Waals surface area (Å²) < 4.78 is 0. The van der Waals surface area contributed by atoms with Crippen LogP contribution in [-0.4, -0.2) is 42.5 Å². The zero-order valence-electron chi connectivity index (χ0n) is 14.3. The van der Waals surface area contributed by atoms with Crippen LogP contribution in [0, 0.1) is 13.8 Å². The number of likely N-dealkylation sites (N-methyl/N-ethyl adjacent to an activating group) is 1. The molecule has 128 valence electrons. The first kappa shape index (κ1) is 18.2. The number of piperidine rings is 1. The van der Waals surface area contributed by atoms with Crippen LogP contribution in [0.25, 0.3) is 0 Å². The summed E-state index contributed by atoms with van der Waals surface area (Å²) in [4.78, 5) is 14.6. The van der Waals surface area contributed by atoms with Crippen LogP contribution in [0.4, 0.5) is 5.69 Å². The van der Waals surface area contributed by atoms with Gasteiger partial charge in [0.05, 0.1) is 6.54 Å². The van der Waals surface area contributed by atoms with Gasteiger partial charge >= 0.3 is 0 Å². The van der Waals surface area contributed by atoms with Crippen molar-refractivity contribution in [1.29, 1.82) is 0 Å². The minimum Gasteiger partial charge on any atom is -0.325 e. The summed E-state index contributed by atoms with van der Waals surface area (Å²) in [6, 6.07) is 7.89. The Balaban J connectivity index is 0.00000192. The van der Waals surface area contributed by atoms with Crippen LogP contribution in [-0.2, 0) is 4.79 Å². The normalized spacial score (nSPS) is 26.0. The molecule has 2 bridgehead atoms. The monoisotopic (exact) mass is 337 g/mol. The second kappa shape index (κ2) is 7.65. The predicted molar refractivity (Wildman–Crippen MR) is 97.4 cm³/mol. The molecule has 0 aromatic heterocycles. The third kappa shape index (κ3) is 4.25. The standard InChI is InChI=1S/C18H27N3O.ClH/c1-12-5-4-6-17(13(12)2)20-18(22)11-21(3)16-9-14-7-8-15(10-16)19-14;/h4-6,14-16,19H,7-11H2,1-3H3,(H,20,22);1H. The first-order chi connectivity index (χ1) is 10.5. The molecule has 1 aromatic rings. The number of nitrogens with one attached hydrogen (secondary N) is 2. The van der Waals surface area contributed by atoms with E-state index in [0.717, 1.165) is 11.3 Å². The minimum absolute atomic E-state index is 0. The van der Waals surface area contributed by atoms with Crippen LogP contribution in [0.5, 0.6) is 0 Å². The van der Waals surface area contributed by atoms with Crippen LogP contribution < -0.4 is 10.6 Å². The van der Waals surface area contributed by atoms with Gasteiger partial charge < -0.3 is 10.6 Å². The first-order valence-corrected chi connectivity index (χ1v) is 8.35. The third-order valence-corrected chi connectivity index (χ3v) is 5.34. The fourth-order valence-electron chi connectivity index (χ4n) is 3.82. The molecular formula is C18H28ClN3O. The Hall–Kier alpha value is -1.10. The van der Waals surface area contributed by atoms with Crippen molar-refractivity contribution in [3.8, 4) is 0 Å². The van der Waals surface area contributed by atoms with Gasteiger partial charge in [0.1, 0.15) is 0 Å². The van der Waals surface area contributed by atoms with Gasteiger partial charge in [-0.1, -0.05) is 12.1 Å². The quantitative estimate of drug-likeness (QED) is 0.888. The van der Waals surface area contributed by atoms with E-state index in [1.54, 1.807) is 0 Å². The van der Waals surface area contributed by atoms with Gasteiger partial charge in [0.15, 0.2) is 0 Å². The van der Waals surface area contributed by atoms with Gasteiger partial charge in [-0.25, -0.2) is 0 Å². The highest BCUT2D eigenvalue weighted by Gasteiger charge is 2.35. The summed E-state index contributed by atoms with van der Waals surface area (Å²) in [6.07, 6.45) is 4.93. The molecule has 2 saturated heterocycles. The van der Waals surface area contributed by atoms with Gasteiger partial charge in [0.2, 0.25) is 5.91 Å². The van der Waals surface area contributed by atoms with Crippen molar-refractivity contribution < 1.29 is 4.79 Å². The van der Waals surface area contributed by atoms with E-state index < -0.39 is 0 Å². The number of benzene rings is 1. The van der Waals surface area contributed by atoms with Gasteiger partial charge in [-0.3, -0.25) is 9.69 Å². The molecule has 5 heteroatoms. The van der Waals surface area contributed by atoms with E-state index in [0.29, 0.717) is 24.7 Å². The van der Waals surface area contributed by atoms with Crippen LogP contribution >= 0.6 is 12.4 Å². The molecule has 23 heavy (non-hydrogen) atoms. The Morgan fingerprint density at radius 1 is 1.26 bits per heavy atom. The molecule has 0 aliphatic carbocycles. The maximum absolute atomic E-state index is 12.3. The van der Waals surface area contributed by atoms with Gasteiger partial charge in [0.25, 0.3) is 0 Å². The fourth-order valence-corrected chi connectivity index (χ4v) is 3.82. The van der Waals surface area contributed by atoms with E-state index in [1.165, 1.54) is 31.2 Å². The Kier molecular flexibility index (Phi) is 6.06. The summed E-state index contributed by atoms with van der Waals surface area (Å²) in [6.45, 7) is 4.60. The van der Waals surface area contributed by atoms with E-state index in [9.17, 15) is 4.79 Å². The van der Waals surface area contributed by atoms with Crippen molar-refractivity contribution >= 4 is 24.0 Å². The van der Waals surface area contributed by atoms with Crippen molar-refractivity contribution in [3.63, 3.8) is 0 Å².